The zero-order chi connectivity index (χ0) is 5.56. The minimum Gasteiger partial charge on any atom is -0.375 e. The Labute approximate surface area is 47.8 Å². The number of hydrogen-bond acceptors (Lipinski definition) is 3. The monoisotopic (exact) mass is 115 g/mol. The van der Waals surface area contributed by atoms with Crippen LogP contribution in [0.4, 0.5) is 0 Å². The van der Waals surface area contributed by atoms with E-state index in [1.54, 1.807) is 0 Å². The van der Waals surface area contributed by atoms with Gasteiger partial charge >= 0.3 is 0 Å². The van der Waals surface area contributed by atoms with E-state index < -0.39 is 0 Å². The Morgan fingerprint density at radius 3 is 2.75 bits per heavy atom. The van der Waals surface area contributed by atoms with Gasteiger partial charge < -0.3 is 9.94 Å². The van der Waals surface area contributed by atoms with Crippen molar-refractivity contribution in [3.05, 3.63) is 0 Å². The molecule has 0 radical (unpaired) electrons. The van der Waals surface area contributed by atoms with Crippen LogP contribution in [0.25, 0.3) is 0 Å². The Morgan fingerprint density at radius 2 is 2.50 bits per heavy atom. The van der Waals surface area contributed by atoms with Crippen molar-refractivity contribution in [1.82, 2.24) is 5.06 Å². The first-order chi connectivity index (χ1) is 3.86. The fraction of sp³-hybridized carbons (Fsp3) is 1.00. The molecule has 2 bridgehead atoms. The fourth-order valence-electron chi connectivity index (χ4n) is 1.38. The van der Waals surface area contributed by atoms with Gasteiger partial charge in [0, 0.05) is 0 Å². The molecule has 1 N–H and O–H groups in total. The lowest BCUT2D eigenvalue weighted by atomic mass is 10.3. The Bertz CT molecular complexity index is 105. The normalized spacial score (nSPS) is 46.1. The molecule has 2 heterocycles. The maximum atomic E-state index is 8.97. The molecular formula is C5H9NO2. The van der Waals surface area contributed by atoms with Crippen molar-refractivity contribution in [3.63, 3.8) is 0 Å². The van der Waals surface area contributed by atoms with E-state index in [1.165, 1.54) is 5.06 Å². The molecule has 0 amide bonds. The molecule has 8 heavy (non-hydrogen) atoms. The van der Waals surface area contributed by atoms with Crippen LogP contribution in [0.15, 0.2) is 0 Å². The highest BCUT2D eigenvalue weighted by atomic mass is 16.5. The van der Waals surface area contributed by atoms with E-state index in [2.05, 4.69) is 0 Å². The summed E-state index contributed by atoms with van der Waals surface area (Å²) in [4.78, 5) is 0. The van der Waals surface area contributed by atoms with Crippen LogP contribution < -0.4 is 0 Å². The van der Waals surface area contributed by atoms with E-state index in [0.29, 0.717) is 18.7 Å². The van der Waals surface area contributed by atoms with Crippen molar-refractivity contribution in [1.29, 1.82) is 0 Å². The lowest BCUT2D eigenvalue weighted by Crippen LogP contribution is -2.33. The molecule has 0 aromatic heterocycles. The van der Waals surface area contributed by atoms with Crippen molar-refractivity contribution in [2.24, 2.45) is 0 Å². The molecule has 0 saturated carbocycles. The number of ether oxygens (including phenoxy) is 1. The zero-order valence-corrected chi connectivity index (χ0v) is 4.58. The van der Waals surface area contributed by atoms with Crippen LogP contribution in [0.1, 0.15) is 6.42 Å². The van der Waals surface area contributed by atoms with Gasteiger partial charge in [0.1, 0.15) is 0 Å². The summed E-state index contributed by atoms with van der Waals surface area (Å²) >= 11 is 0. The average molecular weight is 115 g/mol. The van der Waals surface area contributed by atoms with E-state index in [0.717, 1.165) is 13.0 Å². The molecule has 0 aromatic rings. The third-order valence-electron chi connectivity index (χ3n) is 1.87. The maximum absolute atomic E-state index is 8.97. The third kappa shape index (κ3) is 0.491. The van der Waals surface area contributed by atoms with Crippen molar-refractivity contribution < 1.29 is 9.94 Å². The van der Waals surface area contributed by atoms with E-state index >= 15 is 0 Å². The first-order valence-electron chi connectivity index (χ1n) is 2.93. The second-order valence-corrected chi connectivity index (χ2v) is 2.47. The highest BCUT2D eigenvalue weighted by Gasteiger charge is 2.38. The SMILES string of the molecule is ON1CC2CC1CO2. The van der Waals surface area contributed by atoms with Gasteiger partial charge in [-0.05, 0) is 6.42 Å². The van der Waals surface area contributed by atoms with Crippen molar-refractivity contribution in [2.45, 2.75) is 18.6 Å². The molecule has 2 aliphatic heterocycles. The van der Waals surface area contributed by atoms with Gasteiger partial charge in [0.25, 0.3) is 0 Å². The average Bonchev–Trinajstić information content (AvgIpc) is 2.23. The van der Waals surface area contributed by atoms with Gasteiger partial charge in [0.05, 0.1) is 25.3 Å². The highest BCUT2D eigenvalue weighted by molar-refractivity contribution is 4.86. The highest BCUT2D eigenvalue weighted by Crippen LogP contribution is 2.25. The van der Waals surface area contributed by atoms with Gasteiger partial charge in [-0.3, -0.25) is 0 Å². The quantitative estimate of drug-likeness (QED) is 0.476. The number of fused-ring (bicyclic) bond motifs is 2. The van der Waals surface area contributed by atoms with Crippen molar-refractivity contribution in [3.8, 4) is 0 Å². The van der Waals surface area contributed by atoms with Gasteiger partial charge in [0.2, 0.25) is 0 Å². The maximum Gasteiger partial charge on any atom is 0.0742 e. The van der Waals surface area contributed by atoms with Crippen LogP contribution >= 0.6 is 0 Å². The number of morpholine rings is 1. The predicted molar refractivity (Wildman–Crippen MR) is 26.6 cm³/mol. The van der Waals surface area contributed by atoms with Gasteiger partial charge in [-0.2, -0.15) is 5.06 Å². The van der Waals surface area contributed by atoms with Crippen LogP contribution in [0, 0.1) is 0 Å². The summed E-state index contributed by atoms with van der Waals surface area (Å²) in [6.45, 7) is 1.44. The number of nitrogens with zero attached hydrogens (tertiary/aromatic N) is 1. The summed E-state index contributed by atoms with van der Waals surface area (Å²) in [5, 5.41) is 10.4. The molecule has 0 spiro atoms. The molecule has 46 valence electrons. The Morgan fingerprint density at radius 1 is 1.62 bits per heavy atom. The molecule has 2 fully saturated rings. The molecule has 2 rings (SSSR count). The molecule has 3 heteroatoms. The lowest BCUT2D eigenvalue weighted by Gasteiger charge is -2.18. The summed E-state index contributed by atoms with van der Waals surface area (Å²) in [5.41, 5.74) is 0. The standard InChI is InChI=1S/C5H9NO2/c7-6-2-5-1-4(6)3-8-5/h4-5,7H,1-3H2. The van der Waals surface area contributed by atoms with E-state index in [9.17, 15) is 0 Å². The predicted octanol–water partition coefficient (Wildman–Crippen LogP) is -0.151. The molecule has 2 atom stereocenters. The lowest BCUT2D eigenvalue weighted by molar-refractivity contribution is -0.147. The minimum atomic E-state index is 0.306. The molecule has 0 aliphatic carbocycles. The van der Waals surface area contributed by atoms with Crippen LogP contribution in [0.3, 0.4) is 0 Å². The largest absolute Gasteiger partial charge is 0.375 e. The second-order valence-electron chi connectivity index (χ2n) is 2.47. The Balaban J connectivity index is 2.11. The number of rotatable bonds is 0. The smallest absolute Gasteiger partial charge is 0.0742 e. The Kier molecular flexibility index (Phi) is 0.848. The summed E-state index contributed by atoms with van der Waals surface area (Å²) in [6, 6.07) is 0.306. The van der Waals surface area contributed by atoms with E-state index in [4.69, 9.17) is 9.94 Å². The number of hydroxylamine groups is 2. The first kappa shape index (κ1) is 4.73. The van der Waals surface area contributed by atoms with Crippen LogP contribution in [0.5, 0.6) is 0 Å². The second kappa shape index (κ2) is 1.43. The van der Waals surface area contributed by atoms with Gasteiger partial charge in [-0.25, -0.2) is 0 Å². The van der Waals surface area contributed by atoms with Gasteiger partial charge in [-0.15, -0.1) is 0 Å². The van der Waals surface area contributed by atoms with Gasteiger partial charge in [0.15, 0.2) is 0 Å². The van der Waals surface area contributed by atoms with Crippen LogP contribution in [-0.4, -0.2) is 35.6 Å². The Hall–Kier alpha value is -0.120. The molecule has 3 nitrogen and oxygen atoms in total. The molecule has 0 aromatic carbocycles. The topological polar surface area (TPSA) is 32.7 Å². The van der Waals surface area contributed by atoms with E-state index in [1.807, 2.05) is 0 Å². The molecule has 2 unspecified atom stereocenters. The molecular weight excluding hydrogens is 106 g/mol. The van der Waals surface area contributed by atoms with Crippen LogP contribution in [0.2, 0.25) is 0 Å². The fourth-order valence-corrected chi connectivity index (χ4v) is 1.38. The number of hydrogen-bond donors (Lipinski definition) is 1. The summed E-state index contributed by atoms with van der Waals surface area (Å²) in [7, 11) is 0. The zero-order valence-electron chi connectivity index (χ0n) is 4.58. The third-order valence-corrected chi connectivity index (χ3v) is 1.87. The summed E-state index contributed by atoms with van der Waals surface area (Å²) < 4.78 is 5.22. The molecule has 2 saturated heterocycles. The van der Waals surface area contributed by atoms with Crippen LogP contribution in [-0.2, 0) is 4.74 Å². The summed E-state index contributed by atoms with van der Waals surface area (Å²) in [6.07, 6.45) is 1.35. The van der Waals surface area contributed by atoms with E-state index in [-0.39, 0.29) is 0 Å². The summed E-state index contributed by atoms with van der Waals surface area (Å²) in [5.74, 6) is 0. The van der Waals surface area contributed by atoms with Crippen molar-refractivity contribution in [2.75, 3.05) is 13.2 Å². The molecule has 2 aliphatic rings. The van der Waals surface area contributed by atoms with Crippen molar-refractivity contribution >= 4 is 0 Å². The first-order valence-corrected chi connectivity index (χ1v) is 2.93. The minimum absolute atomic E-state index is 0.306. The van der Waals surface area contributed by atoms with Gasteiger partial charge in [-0.1, -0.05) is 0 Å².